The third-order valence-corrected chi connectivity index (χ3v) is 7.44. The third-order valence-electron chi connectivity index (χ3n) is 7.19. The summed E-state index contributed by atoms with van der Waals surface area (Å²) in [6.07, 6.45) is 0. The smallest absolute Gasteiger partial charge is 0.278 e. The summed E-state index contributed by atoms with van der Waals surface area (Å²) in [6.45, 7) is 3.64. The number of hydrogen-bond acceptors (Lipinski definition) is 4. The molecule has 0 aliphatic heterocycles. The summed E-state index contributed by atoms with van der Waals surface area (Å²) < 4.78 is 2.76. The molecule has 0 bridgehead atoms. The molecule has 0 unspecified atom stereocenters. The number of halogens is 1. The topological polar surface area (TPSA) is 133 Å². The van der Waals surface area contributed by atoms with Gasteiger partial charge in [-0.05, 0) is 55.8 Å². The van der Waals surface area contributed by atoms with Crippen LogP contribution in [0.3, 0.4) is 0 Å². The van der Waals surface area contributed by atoms with Gasteiger partial charge < -0.3 is 9.97 Å². The van der Waals surface area contributed by atoms with Gasteiger partial charge in [0, 0.05) is 22.3 Å². The van der Waals surface area contributed by atoms with Crippen molar-refractivity contribution in [3.63, 3.8) is 0 Å². The fourth-order valence-corrected chi connectivity index (χ4v) is 5.45. The molecule has 0 spiro atoms. The normalized spacial score (nSPS) is 11.8. The van der Waals surface area contributed by atoms with Crippen LogP contribution in [0.1, 0.15) is 34.0 Å². The second kappa shape index (κ2) is 8.99. The lowest BCUT2D eigenvalue weighted by atomic mass is 9.85. The standard InChI is InChI=1S/C29H23ClN8O2/c1-15-23(26(39)37(35-15)28-31-19-7-3-4-8-20(19)32-28)25(17-11-13-18(30)14-12-17)24-16(2)36-38(27(24)40)29-33-21-9-5-6-10-22(21)34-29/h3-14,25,35-36H,1-2H3,(H,31,32)(H,33,34). The maximum atomic E-state index is 14.0. The molecule has 3 aromatic carbocycles. The van der Waals surface area contributed by atoms with Crippen molar-refractivity contribution in [2.75, 3.05) is 0 Å². The molecule has 0 saturated heterocycles. The number of nitrogens with zero attached hydrogens (tertiary/aromatic N) is 4. The maximum Gasteiger partial charge on any atom is 0.278 e. The van der Waals surface area contributed by atoms with Crippen LogP contribution in [0.25, 0.3) is 34.0 Å². The molecule has 198 valence electrons. The Kier molecular flexibility index (Phi) is 5.39. The molecule has 0 aliphatic rings. The van der Waals surface area contributed by atoms with E-state index in [1.54, 1.807) is 12.1 Å². The van der Waals surface area contributed by atoms with Gasteiger partial charge >= 0.3 is 0 Å². The van der Waals surface area contributed by atoms with Crippen LogP contribution in [0.2, 0.25) is 5.02 Å². The molecule has 0 radical (unpaired) electrons. The van der Waals surface area contributed by atoms with E-state index >= 15 is 0 Å². The number of nitrogens with one attached hydrogen (secondary N) is 4. The number of fused-ring (bicyclic) bond motifs is 2. The molecule has 0 fully saturated rings. The summed E-state index contributed by atoms with van der Waals surface area (Å²) >= 11 is 6.21. The van der Waals surface area contributed by atoms with Crippen LogP contribution in [0, 0.1) is 13.8 Å². The van der Waals surface area contributed by atoms with E-state index < -0.39 is 5.92 Å². The molecule has 4 aromatic heterocycles. The van der Waals surface area contributed by atoms with E-state index in [1.165, 1.54) is 9.36 Å². The van der Waals surface area contributed by atoms with Crippen LogP contribution >= 0.6 is 11.6 Å². The first-order valence-electron chi connectivity index (χ1n) is 12.7. The molecular weight excluding hydrogens is 528 g/mol. The largest absolute Gasteiger partial charge is 0.322 e. The van der Waals surface area contributed by atoms with Crippen molar-refractivity contribution < 1.29 is 0 Å². The summed E-state index contributed by atoms with van der Waals surface area (Å²) in [6, 6.07) is 22.3. The minimum Gasteiger partial charge on any atom is -0.322 e. The molecular formula is C29H23ClN8O2. The Hall–Kier alpha value is -5.09. The maximum absolute atomic E-state index is 14.0. The van der Waals surface area contributed by atoms with Crippen LogP contribution in [-0.2, 0) is 0 Å². The van der Waals surface area contributed by atoms with E-state index in [-0.39, 0.29) is 11.1 Å². The molecule has 0 atom stereocenters. The second-order valence-corrected chi connectivity index (χ2v) is 10.2. The van der Waals surface area contributed by atoms with Crippen LogP contribution in [0.4, 0.5) is 0 Å². The van der Waals surface area contributed by atoms with Gasteiger partial charge in [-0.2, -0.15) is 9.36 Å². The van der Waals surface area contributed by atoms with Gasteiger partial charge in [0.25, 0.3) is 11.1 Å². The fraction of sp³-hybridized carbons (Fsp3) is 0.103. The van der Waals surface area contributed by atoms with Gasteiger partial charge in [-0.15, -0.1) is 0 Å². The Morgan fingerprint density at radius 3 is 1.57 bits per heavy atom. The summed E-state index contributed by atoms with van der Waals surface area (Å²) in [5, 5.41) is 6.88. The van der Waals surface area contributed by atoms with Crippen LogP contribution in [-0.4, -0.2) is 39.5 Å². The lowest BCUT2D eigenvalue weighted by Gasteiger charge is -2.16. The predicted molar refractivity (Wildman–Crippen MR) is 154 cm³/mol. The average molecular weight is 551 g/mol. The first-order chi connectivity index (χ1) is 19.4. The average Bonchev–Trinajstić information content (AvgIpc) is 3.70. The van der Waals surface area contributed by atoms with Gasteiger partial charge in [0.15, 0.2) is 0 Å². The monoisotopic (exact) mass is 550 g/mol. The minimum atomic E-state index is -0.693. The lowest BCUT2D eigenvalue weighted by Crippen LogP contribution is -2.26. The van der Waals surface area contributed by atoms with E-state index in [4.69, 9.17) is 11.6 Å². The molecule has 7 aromatic rings. The summed E-state index contributed by atoms with van der Waals surface area (Å²) in [7, 11) is 0. The molecule has 0 aliphatic carbocycles. The van der Waals surface area contributed by atoms with Crippen molar-refractivity contribution in [2.45, 2.75) is 19.8 Å². The first kappa shape index (κ1) is 24.0. The molecule has 0 amide bonds. The van der Waals surface area contributed by atoms with Gasteiger partial charge in [0.05, 0.1) is 33.2 Å². The van der Waals surface area contributed by atoms with E-state index in [2.05, 4.69) is 30.1 Å². The molecule has 40 heavy (non-hydrogen) atoms. The van der Waals surface area contributed by atoms with Gasteiger partial charge in [-0.1, -0.05) is 48.0 Å². The fourth-order valence-electron chi connectivity index (χ4n) is 5.32. The predicted octanol–water partition coefficient (Wildman–Crippen LogP) is 4.85. The zero-order chi connectivity index (χ0) is 27.5. The highest BCUT2D eigenvalue weighted by Gasteiger charge is 2.31. The third kappa shape index (κ3) is 3.72. The Bertz CT molecular complexity index is 1960. The van der Waals surface area contributed by atoms with E-state index in [0.29, 0.717) is 39.4 Å². The second-order valence-electron chi connectivity index (χ2n) is 9.72. The Labute approximate surface area is 231 Å². The Morgan fingerprint density at radius 1 is 0.675 bits per heavy atom. The van der Waals surface area contributed by atoms with E-state index in [0.717, 1.165) is 27.6 Å². The van der Waals surface area contributed by atoms with E-state index in [1.807, 2.05) is 74.5 Å². The highest BCUT2D eigenvalue weighted by molar-refractivity contribution is 6.30. The molecule has 10 nitrogen and oxygen atoms in total. The molecule has 0 saturated carbocycles. The number of aryl methyl sites for hydroxylation is 2. The molecule has 7 rings (SSSR count). The molecule has 4 heterocycles. The number of H-pyrrole nitrogens is 4. The van der Waals surface area contributed by atoms with Crippen molar-refractivity contribution in [2.24, 2.45) is 0 Å². The highest BCUT2D eigenvalue weighted by Crippen LogP contribution is 2.33. The molecule has 11 heteroatoms. The number of para-hydroxylation sites is 4. The zero-order valence-corrected chi connectivity index (χ0v) is 22.2. The van der Waals surface area contributed by atoms with Gasteiger partial charge in [-0.25, -0.2) is 9.97 Å². The first-order valence-corrected chi connectivity index (χ1v) is 13.1. The van der Waals surface area contributed by atoms with Gasteiger partial charge in [0.1, 0.15) is 0 Å². The van der Waals surface area contributed by atoms with Gasteiger partial charge in [0.2, 0.25) is 11.9 Å². The Balaban J connectivity index is 1.44. The number of imidazole rings is 2. The Morgan fingerprint density at radius 2 is 1.12 bits per heavy atom. The number of aromatic amines is 4. The van der Waals surface area contributed by atoms with Crippen molar-refractivity contribution in [3.05, 3.63) is 127 Å². The van der Waals surface area contributed by atoms with Crippen LogP contribution in [0.5, 0.6) is 0 Å². The number of hydrogen-bond donors (Lipinski definition) is 4. The molecule has 4 N–H and O–H groups in total. The number of rotatable bonds is 5. The minimum absolute atomic E-state index is 0.313. The van der Waals surface area contributed by atoms with Crippen molar-refractivity contribution in [3.8, 4) is 11.9 Å². The number of aromatic nitrogens is 8. The summed E-state index contributed by atoms with van der Waals surface area (Å²) in [4.78, 5) is 43.7. The zero-order valence-electron chi connectivity index (χ0n) is 21.5. The van der Waals surface area contributed by atoms with Crippen LogP contribution in [0.15, 0.2) is 82.4 Å². The van der Waals surface area contributed by atoms with Crippen molar-refractivity contribution in [1.82, 2.24) is 39.5 Å². The SMILES string of the molecule is Cc1[nH]n(-c2nc3ccccc3[nH]2)c(=O)c1C(c1ccc(Cl)cc1)c1c(C)[nH]n(-c2nc3ccccc3[nH]2)c1=O. The van der Waals surface area contributed by atoms with Crippen molar-refractivity contribution in [1.29, 1.82) is 0 Å². The lowest BCUT2D eigenvalue weighted by molar-refractivity contribution is 0.787. The van der Waals surface area contributed by atoms with Crippen LogP contribution < -0.4 is 11.1 Å². The highest BCUT2D eigenvalue weighted by atomic mass is 35.5. The van der Waals surface area contributed by atoms with Crippen molar-refractivity contribution >= 4 is 33.7 Å². The summed E-state index contributed by atoms with van der Waals surface area (Å²) in [5.41, 5.74) is 5.30. The number of benzene rings is 3. The summed E-state index contributed by atoms with van der Waals surface area (Å²) in [5.74, 6) is 0.0304. The quantitative estimate of drug-likeness (QED) is 0.244. The van der Waals surface area contributed by atoms with Gasteiger partial charge in [-0.3, -0.25) is 19.8 Å². The van der Waals surface area contributed by atoms with E-state index in [9.17, 15) is 9.59 Å².